The number of morpholine rings is 1. The van der Waals surface area contributed by atoms with Crippen molar-refractivity contribution in [2.24, 2.45) is 4.99 Å². The second kappa shape index (κ2) is 7.31. The number of hydrogen-bond donors (Lipinski definition) is 2. The Kier molecular flexibility index (Phi) is 4.95. The molecule has 2 heterocycles. The molecule has 0 saturated carbocycles. The van der Waals surface area contributed by atoms with Crippen molar-refractivity contribution >= 4 is 23.5 Å². The summed E-state index contributed by atoms with van der Waals surface area (Å²) in [5.74, 6) is 0.449. The largest absolute Gasteiger partial charge is 0.495 e. The van der Waals surface area contributed by atoms with Gasteiger partial charge in [0.1, 0.15) is 11.8 Å². The molecule has 2 amide bonds. The van der Waals surface area contributed by atoms with E-state index in [0.29, 0.717) is 43.7 Å². The monoisotopic (exact) mass is 332 g/mol. The first-order valence-electron chi connectivity index (χ1n) is 7.81. The Hall–Kier alpha value is -2.61. The molecule has 0 aromatic heterocycles. The van der Waals surface area contributed by atoms with E-state index in [4.69, 9.17) is 9.47 Å². The van der Waals surface area contributed by atoms with Crippen molar-refractivity contribution in [1.29, 1.82) is 0 Å². The molecule has 8 nitrogen and oxygen atoms in total. The van der Waals surface area contributed by atoms with Crippen LogP contribution in [0, 0.1) is 0 Å². The number of para-hydroxylation sites is 2. The van der Waals surface area contributed by atoms with Crippen LogP contribution in [0.2, 0.25) is 0 Å². The predicted octanol–water partition coefficient (Wildman–Crippen LogP) is 0.210. The number of rotatable bonds is 3. The fraction of sp³-hybridized carbons (Fsp3) is 0.438. The quantitative estimate of drug-likeness (QED) is 0.825. The maximum Gasteiger partial charge on any atom is 0.249 e. The topological polar surface area (TPSA) is 92.3 Å². The van der Waals surface area contributed by atoms with E-state index >= 15 is 0 Å². The minimum Gasteiger partial charge on any atom is -0.495 e. The molecule has 3 rings (SSSR count). The molecule has 1 aromatic rings. The molecule has 0 unspecified atom stereocenters. The highest BCUT2D eigenvalue weighted by Gasteiger charge is 2.30. The van der Waals surface area contributed by atoms with Crippen LogP contribution in [0.3, 0.4) is 0 Å². The van der Waals surface area contributed by atoms with Crippen molar-refractivity contribution in [3.63, 3.8) is 0 Å². The summed E-state index contributed by atoms with van der Waals surface area (Å²) in [5, 5.41) is 5.52. The Labute approximate surface area is 139 Å². The van der Waals surface area contributed by atoms with E-state index in [2.05, 4.69) is 15.6 Å². The number of hydrogen-bond acceptors (Lipinski definition) is 6. The van der Waals surface area contributed by atoms with E-state index < -0.39 is 6.04 Å². The molecule has 2 N–H and O–H groups in total. The summed E-state index contributed by atoms with van der Waals surface area (Å²) in [6.07, 6.45) is 0.0226. The van der Waals surface area contributed by atoms with Crippen molar-refractivity contribution in [3.05, 3.63) is 24.3 Å². The fourth-order valence-corrected chi connectivity index (χ4v) is 2.63. The Morgan fingerprint density at radius 2 is 2.12 bits per heavy atom. The second-order valence-electron chi connectivity index (χ2n) is 5.51. The number of carbonyl (C=O) groups is 2. The SMILES string of the molecule is COc1ccccc1NC(=O)[C@H]1CC(=O)NC(N2CCOCC2)=N1. The normalized spacial score (nSPS) is 20.9. The standard InChI is InChI=1S/C16H20N4O4/c1-23-13-5-3-2-4-11(13)17-15(22)12-10-14(21)19-16(18-12)20-6-8-24-9-7-20/h2-5,12H,6-10H2,1H3,(H,17,22)(H,18,19,21)/t12-/m1/s1. The summed E-state index contributed by atoms with van der Waals surface area (Å²) in [6, 6.07) is 6.35. The van der Waals surface area contributed by atoms with Crippen LogP contribution in [0.15, 0.2) is 29.3 Å². The average Bonchev–Trinajstić information content (AvgIpc) is 2.62. The van der Waals surface area contributed by atoms with Gasteiger partial charge in [-0.1, -0.05) is 12.1 Å². The summed E-state index contributed by atoms with van der Waals surface area (Å²) >= 11 is 0. The maximum atomic E-state index is 12.5. The van der Waals surface area contributed by atoms with Gasteiger partial charge in [0.25, 0.3) is 0 Å². The lowest BCUT2D eigenvalue weighted by molar-refractivity contribution is -0.125. The molecule has 24 heavy (non-hydrogen) atoms. The van der Waals surface area contributed by atoms with Crippen LogP contribution in [0.4, 0.5) is 5.69 Å². The van der Waals surface area contributed by atoms with Crippen molar-refractivity contribution in [2.75, 3.05) is 38.7 Å². The van der Waals surface area contributed by atoms with Gasteiger partial charge in [0, 0.05) is 13.1 Å². The number of nitrogens with one attached hydrogen (secondary N) is 2. The molecule has 8 heteroatoms. The molecule has 0 spiro atoms. The van der Waals surface area contributed by atoms with Crippen LogP contribution in [-0.2, 0) is 14.3 Å². The third kappa shape index (κ3) is 3.65. The van der Waals surface area contributed by atoms with Gasteiger partial charge in [0.2, 0.25) is 17.8 Å². The highest BCUT2D eigenvalue weighted by Crippen LogP contribution is 2.23. The third-order valence-electron chi connectivity index (χ3n) is 3.89. The number of guanidine groups is 1. The van der Waals surface area contributed by atoms with E-state index in [1.807, 2.05) is 11.0 Å². The summed E-state index contributed by atoms with van der Waals surface area (Å²) in [7, 11) is 1.54. The van der Waals surface area contributed by atoms with Gasteiger partial charge in [-0.05, 0) is 12.1 Å². The molecule has 1 atom stereocenters. The molecule has 128 valence electrons. The summed E-state index contributed by atoms with van der Waals surface area (Å²) in [4.78, 5) is 30.8. The van der Waals surface area contributed by atoms with Crippen molar-refractivity contribution < 1.29 is 19.1 Å². The Balaban J connectivity index is 1.74. The van der Waals surface area contributed by atoms with E-state index in [1.165, 1.54) is 7.11 Å². The van der Waals surface area contributed by atoms with Crippen LogP contribution in [0.5, 0.6) is 5.75 Å². The molecule has 0 radical (unpaired) electrons. The number of aliphatic imine (C=N–C) groups is 1. The number of methoxy groups -OCH3 is 1. The number of nitrogens with zero attached hydrogens (tertiary/aromatic N) is 2. The fourth-order valence-electron chi connectivity index (χ4n) is 2.63. The first-order chi connectivity index (χ1) is 11.7. The van der Waals surface area contributed by atoms with E-state index in [-0.39, 0.29) is 18.2 Å². The van der Waals surface area contributed by atoms with Gasteiger partial charge in [0.05, 0.1) is 32.4 Å². The smallest absolute Gasteiger partial charge is 0.249 e. The Morgan fingerprint density at radius 3 is 2.88 bits per heavy atom. The van der Waals surface area contributed by atoms with Crippen LogP contribution in [0.1, 0.15) is 6.42 Å². The highest BCUT2D eigenvalue weighted by molar-refractivity contribution is 6.06. The average molecular weight is 332 g/mol. The second-order valence-corrected chi connectivity index (χ2v) is 5.51. The van der Waals surface area contributed by atoms with Gasteiger partial charge in [-0.2, -0.15) is 0 Å². The lowest BCUT2D eigenvalue weighted by Crippen LogP contribution is -2.53. The Bertz CT molecular complexity index is 655. The summed E-state index contributed by atoms with van der Waals surface area (Å²) in [5.41, 5.74) is 0.555. The van der Waals surface area contributed by atoms with Crippen LogP contribution in [0.25, 0.3) is 0 Å². The summed E-state index contributed by atoms with van der Waals surface area (Å²) < 4.78 is 10.5. The highest BCUT2D eigenvalue weighted by atomic mass is 16.5. The number of carbonyl (C=O) groups excluding carboxylic acids is 2. The van der Waals surface area contributed by atoms with Gasteiger partial charge in [-0.15, -0.1) is 0 Å². The predicted molar refractivity (Wildman–Crippen MR) is 88.0 cm³/mol. The first-order valence-corrected chi connectivity index (χ1v) is 7.81. The van der Waals surface area contributed by atoms with E-state index in [0.717, 1.165) is 0 Å². The molecule has 0 aliphatic carbocycles. The lowest BCUT2D eigenvalue weighted by Gasteiger charge is -2.32. The molecule has 1 aromatic carbocycles. The third-order valence-corrected chi connectivity index (χ3v) is 3.89. The van der Waals surface area contributed by atoms with Gasteiger partial charge < -0.3 is 19.7 Å². The molecule has 2 aliphatic rings. The zero-order valence-corrected chi connectivity index (χ0v) is 13.4. The van der Waals surface area contributed by atoms with Crippen molar-refractivity contribution in [2.45, 2.75) is 12.5 Å². The minimum atomic E-state index is -0.762. The zero-order valence-electron chi connectivity index (χ0n) is 13.4. The van der Waals surface area contributed by atoms with Gasteiger partial charge >= 0.3 is 0 Å². The number of anilines is 1. The molecular weight excluding hydrogens is 312 g/mol. The molecule has 1 fully saturated rings. The zero-order chi connectivity index (χ0) is 16.9. The summed E-state index contributed by atoms with van der Waals surface area (Å²) in [6.45, 7) is 2.43. The van der Waals surface area contributed by atoms with E-state index in [9.17, 15) is 9.59 Å². The Morgan fingerprint density at radius 1 is 1.38 bits per heavy atom. The lowest BCUT2D eigenvalue weighted by atomic mass is 10.1. The molecule has 1 saturated heterocycles. The number of ether oxygens (including phenoxy) is 2. The van der Waals surface area contributed by atoms with Crippen molar-refractivity contribution in [1.82, 2.24) is 10.2 Å². The molecule has 0 bridgehead atoms. The number of benzene rings is 1. The van der Waals surface area contributed by atoms with Gasteiger partial charge in [-0.25, -0.2) is 4.99 Å². The maximum absolute atomic E-state index is 12.5. The van der Waals surface area contributed by atoms with Crippen LogP contribution < -0.4 is 15.4 Å². The minimum absolute atomic E-state index is 0.0226. The van der Waals surface area contributed by atoms with Gasteiger partial charge in [0.15, 0.2) is 0 Å². The number of amides is 2. The first kappa shape index (κ1) is 16.3. The van der Waals surface area contributed by atoms with Gasteiger partial charge in [-0.3, -0.25) is 14.9 Å². The van der Waals surface area contributed by atoms with Crippen LogP contribution in [-0.4, -0.2) is 62.1 Å². The van der Waals surface area contributed by atoms with Crippen molar-refractivity contribution in [3.8, 4) is 5.75 Å². The molecular formula is C16H20N4O4. The molecule has 2 aliphatic heterocycles. The van der Waals surface area contributed by atoms with Crippen LogP contribution >= 0.6 is 0 Å². The van der Waals surface area contributed by atoms with E-state index in [1.54, 1.807) is 18.2 Å².